The highest BCUT2D eigenvalue weighted by molar-refractivity contribution is 9.10. The van der Waals surface area contributed by atoms with Crippen LogP contribution < -0.4 is 9.47 Å². The molecule has 6 nitrogen and oxygen atoms in total. The minimum Gasteiger partial charge on any atom is -0.490 e. The number of fused-ring (bicyclic) bond motifs is 1. The average molecular weight is 484 g/mol. The highest BCUT2D eigenvalue weighted by atomic mass is 79.9. The molecular formula is C22H18BrN3O3S. The van der Waals surface area contributed by atoms with Gasteiger partial charge >= 0.3 is 0 Å². The molecule has 0 radical (unpaired) electrons. The van der Waals surface area contributed by atoms with Crippen LogP contribution in [0.5, 0.6) is 11.5 Å². The number of hydrogen-bond donors (Lipinski definition) is 1. The zero-order valence-corrected chi connectivity index (χ0v) is 18.5. The number of benzene rings is 2. The first-order valence-corrected chi connectivity index (χ1v) is 10.9. The lowest BCUT2D eigenvalue weighted by Gasteiger charge is -2.25. The number of para-hydroxylation sites is 1. The molecule has 0 spiro atoms. The number of amidine groups is 2. The van der Waals surface area contributed by atoms with Gasteiger partial charge in [0.15, 0.2) is 5.17 Å². The molecule has 0 aliphatic carbocycles. The van der Waals surface area contributed by atoms with E-state index in [0.717, 1.165) is 21.5 Å². The number of nitrogens with zero attached hydrogens (tertiary/aromatic N) is 2. The van der Waals surface area contributed by atoms with Crippen LogP contribution in [-0.4, -0.2) is 35.0 Å². The van der Waals surface area contributed by atoms with Gasteiger partial charge in [-0.25, -0.2) is 0 Å². The van der Waals surface area contributed by atoms with Crippen molar-refractivity contribution in [1.82, 2.24) is 4.90 Å². The Morgan fingerprint density at radius 3 is 2.70 bits per heavy atom. The van der Waals surface area contributed by atoms with Gasteiger partial charge in [-0.1, -0.05) is 36.0 Å². The van der Waals surface area contributed by atoms with Crippen LogP contribution in [0, 0.1) is 5.41 Å². The van der Waals surface area contributed by atoms with E-state index in [9.17, 15) is 4.79 Å². The van der Waals surface area contributed by atoms with E-state index < -0.39 is 5.91 Å². The number of thioether (sulfide) groups is 1. The normalized spacial score (nSPS) is 17.0. The molecule has 0 unspecified atom stereocenters. The Morgan fingerprint density at radius 2 is 1.93 bits per heavy atom. The number of carbonyl (C=O) groups is 1. The maximum Gasteiger partial charge on any atom is 0.283 e. The number of halogens is 1. The van der Waals surface area contributed by atoms with Gasteiger partial charge in [-0.3, -0.25) is 15.1 Å². The monoisotopic (exact) mass is 483 g/mol. The molecule has 0 saturated heterocycles. The fraction of sp³-hybridized carbons (Fsp3) is 0.136. The average Bonchev–Trinajstić information content (AvgIpc) is 3.11. The first-order valence-electron chi connectivity index (χ1n) is 9.20. The molecule has 2 aromatic carbocycles. The number of nitrogens with one attached hydrogen (secondary N) is 1. The van der Waals surface area contributed by atoms with E-state index >= 15 is 0 Å². The molecule has 0 bridgehead atoms. The fourth-order valence-corrected chi connectivity index (χ4v) is 4.33. The topological polar surface area (TPSA) is 75.0 Å². The summed E-state index contributed by atoms with van der Waals surface area (Å²) in [7, 11) is 0. The zero-order chi connectivity index (χ0) is 21.1. The number of aliphatic imine (C=N–C) groups is 1. The van der Waals surface area contributed by atoms with Gasteiger partial charge in [-0.2, -0.15) is 4.99 Å². The van der Waals surface area contributed by atoms with Crippen LogP contribution in [0.15, 0.2) is 74.7 Å². The first-order chi connectivity index (χ1) is 14.5. The third-order valence-electron chi connectivity index (χ3n) is 4.40. The van der Waals surface area contributed by atoms with Crippen molar-refractivity contribution in [3.8, 4) is 11.5 Å². The number of carbonyl (C=O) groups excluding carboxylic acids is 1. The summed E-state index contributed by atoms with van der Waals surface area (Å²) in [6.45, 7) is 2.71. The van der Waals surface area contributed by atoms with Gasteiger partial charge < -0.3 is 9.47 Å². The summed E-state index contributed by atoms with van der Waals surface area (Å²) < 4.78 is 12.2. The number of rotatable bonds is 6. The number of amides is 1. The Hall–Kier alpha value is -2.84. The minimum atomic E-state index is -0.406. The van der Waals surface area contributed by atoms with Crippen molar-refractivity contribution in [1.29, 1.82) is 5.41 Å². The van der Waals surface area contributed by atoms with E-state index in [-0.39, 0.29) is 11.4 Å². The molecule has 2 aliphatic rings. The van der Waals surface area contributed by atoms with Crippen LogP contribution >= 0.6 is 27.7 Å². The fourth-order valence-electron chi connectivity index (χ4n) is 2.96. The van der Waals surface area contributed by atoms with Gasteiger partial charge in [0, 0.05) is 5.70 Å². The molecule has 2 aromatic rings. The highest BCUT2D eigenvalue weighted by Gasteiger charge is 2.33. The second-order valence-electron chi connectivity index (χ2n) is 6.52. The van der Waals surface area contributed by atoms with Crippen molar-refractivity contribution in [2.75, 3.05) is 13.2 Å². The Morgan fingerprint density at radius 1 is 1.17 bits per heavy atom. The molecular weight excluding hydrogens is 466 g/mol. The van der Waals surface area contributed by atoms with Gasteiger partial charge in [0.25, 0.3) is 5.91 Å². The number of allylic oxidation sites excluding steroid dienone is 1. The lowest BCUT2D eigenvalue weighted by Crippen LogP contribution is -2.37. The van der Waals surface area contributed by atoms with Crippen molar-refractivity contribution in [2.24, 2.45) is 4.99 Å². The van der Waals surface area contributed by atoms with E-state index in [2.05, 4.69) is 20.9 Å². The van der Waals surface area contributed by atoms with E-state index in [4.69, 9.17) is 14.9 Å². The van der Waals surface area contributed by atoms with Crippen LogP contribution in [-0.2, 0) is 4.79 Å². The summed E-state index contributed by atoms with van der Waals surface area (Å²) in [5.41, 5.74) is 1.91. The Balaban J connectivity index is 1.42. The lowest BCUT2D eigenvalue weighted by atomic mass is 10.1. The molecule has 1 N–H and O–H groups in total. The van der Waals surface area contributed by atoms with Crippen molar-refractivity contribution in [2.45, 2.75) is 6.92 Å². The molecule has 0 fully saturated rings. The van der Waals surface area contributed by atoms with Gasteiger partial charge in [-0.15, -0.1) is 0 Å². The summed E-state index contributed by atoms with van der Waals surface area (Å²) in [5.74, 6) is 1.21. The van der Waals surface area contributed by atoms with Gasteiger partial charge in [0.2, 0.25) is 0 Å². The van der Waals surface area contributed by atoms with Crippen LogP contribution in [0.3, 0.4) is 0 Å². The zero-order valence-electron chi connectivity index (χ0n) is 16.1. The predicted octanol–water partition coefficient (Wildman–Crippen LogP) is 5.07. The minimum absolute atomic E-state index is 0.137. The lowest BCUT2D eigenvalue weighted by molar-refractivity contribution is -0.114. The Kier molecular flexibility index (Phi) is 6.06. The van der Waals surface area contributed by atoms with Gasteiger partial charge in [0.1, 0.15) is 30.5 Å². The molecule has 2 aliphatic heterocycles. The Bertz CT molecular complexity index is 1100. The molecule has 0 saturated carbocycles. The third-order valence-corrected chi connectivity index (χ3v) is 5.97. The van der Waals surface area contributed by atoms with E-state index in [1.165, 1.54) is 11.8 Å². The molecule has 0 aromatic heterocycles. The second-order valence-corrected chi connectivity index (χ2v) is 8.21. The molecule has 4 rings (SSSR count). The summed E-state index contributed by atoms with van der Waals surface area (Å²) in [5, 5.41) is 10.8. The highest BCUT2D eigenvalue weighted by Crippen LogP contribution is 2.32. The molecule has 0 atom stereocenters. The van der Waals surface area contributed by atoms with Crippen LogP contribution in [0.25, 0.3) is 6.08 Å². The van der Waals surface area contributed by atoms with E-state index in [1.54, 1.807) is 11.0 Å². The van der Waals surface area contributed by atoms with Crippen molar-refractivity contribution >= 4 is 50.7 Å². The van der Waals surface area contributed by atoms with Crippen LogP contribution in [0.1, 0.15) is 12.5 Å². The maximum atomic E-state index is 12.4. The summed E-state index contributed by atoms with van der Waals surface area (Å²) >= 11 is 4.86. The number of hydrogen-bond acceptors (Lipinski definition) is 5. The quantitative estimate of drug-likeness (QED) is 0.458. The predicted molar refractivity (Wildman–Crippen MR) is 123 cm³/mol. The van der Waals surface area contributed by atoms with Crippen molar-refractivity contribution < 1.29 is 14.3 Å². The van der Waals surface area contributed by atoms with Crippen molar-refractivity contribution in [3.05, 3.63) is 75.2 Å². The summed E-state index contributed by atoms with van der Waals surface area (Å²) in [4.78, 5) is 18.2. The molecule has 30 heavy (non-hydrogen) atoms. The smallest absolute Gasteiger partial charge is 0.283 e. The largest absolute Gasteiger partial charge is 0.490 e. The second kappa shape index (κ2) is 8.89. The Labute approximate surface area is 186 Å². The third kappa shape index (κ3) is 4.34. The van der Waals surface area contributed by atoms with Crippen LogP contribution in [0.4, 0.5) is 0 Å². The SMILES string of the molecule is CC1=CSC2=NC(=O)/C(=C/c3ccc(OCCOc4ccccc4)c(Br)c3)C(=N)N12. The maximum absolute atomic E-state index is 12.4. The van der Waals surface area contributed by atoms with Crippen molar-refractivity contribution in [3.63, 3.8) is 0 Å². The summed E-state index contributed by atoms with van der Waals surface area (Å²) in [6, 6.07) is 15.1. The standard InChI is InChI=1S/C22H18BrN3O3S/c1-14-13-30-22-25-21(27)17(20(24)26(14)22)11-15-7-8-19(18(23)12-15)29-10-9-28-16-5-3-2-4-6-16/h2-8,11-13,24H,9-10H2,1H3/b17-11+,24-20?. The van der Waals surface area contributed by atoms with Gasteiger partial charge in [-0.05, 0) is 64.2 Å². The molecule has 2 heterocycles. The summed E-state index contributed by atoms with van der Waals surface area (Å²) in [6.07, 6.45) is 1.67. The molecule has 152 valence electrons. The molecule has 8 heteroatoms. The van der Waals surface area contributed by atoms with Gasteiger partial charge in [0.05, 0.1) is 10.0 Å². The van der Waals surface area contributed by atoms with E-state index in [0.29, 0.717) is 24.1 Å². The van der Waals surface area contributed by atoms with Crippen LogP contribution in [0.2, 0.25) is 0 Å². The van der Waals surface area contributed by atoms with E-state index in [1.807, 2.05) is 60.9 Å². The first kappa shape index (κ1) is 20.4. The molecule has 1 amide bonds. The number of ether oxygens (including phenoxy) is 2.